The highest BCUT2D eigenvalue weighted by Crippen LogP contribution is 2.23. The van der Waals surface area contributed by atoms with Gasteiger partial charge in [-0.05, 0) is 31.4 Å². The van der Waals surface area contributed by atoms with E-state index in [2.05, 4.69) is 5.43 Å². The van der Waals surface area contributed by atoms with Crippen molar-refractivity contribution < 1.29 is 17.9 Å². The largest absolute Gasteiger partial charge is 0.494 e. The molecule has 1 atom stereocenters. The minimum atomic E-state index is -4.10. The van der Waals surface area contributed by atoms with Crippen LogP contribution in [-0.4, -0.2) is 18.8 Å². The van der Waals surface area contributed by atoms with Crippen LogP contribution < -0.4 is 16.0 Å². The maximum absolute atomic E-state index is 12.0. The molecule has 0 aliphatic heterocycles. The summed E-state index contributed by atoms with van der Waals surface area (Å²) >= 11 is 0. The minimum absolute atomic E-state index is 0.0731. The Kier molecular flexibility index (Phi) is 6.66. The van der Waals surface area contributed by atoms with Crippen LogP contribution in [0.15, 0.2) is 30.3 Å². The molecule has 1 aromatic carbocycles. The Morgan fingerprint density at radius 3 is 2.42 bits per heavy atom. The van der Waals surface area contributed by atoms with Crippen molar-refractivity contribution in [1.29, 1.82) is 0 Å². The number of nitrogens with one attached hydrogen (secondary N) is 1. The van der Waals surface area contributed by atoms with E-state index in [1.807, 2.05) is 30.3 Å². The second-order valence-corrected chi connectivity index (χ2v) is 4.32. The SMILES string of the molecule is NNC(CCCC(F)(F)F)CCOc1ccccc1. The van der Waals surface area contributed by atoms with Gasteiger partial charge in [0, 0.05) is 12.5 Å². The summed E-state index contributed by atoms with van der Waals surface area (Å²) in [6.45, 7) is 0.422. The summed E-state index contributed by atoms with van der Waals surface area (Å²) in [7, 11) is 0. The average molecular weight is 276 g/mol. The van der Waals surface area contributed by atoms with Gasteiger partial charge in [-0.25, -0.2) is 0 Å². The predicted octanol–water partition coefficient (Wildman–Crippen LogP) is 3.02. The highest BCUT2D eigenvalue weighted by Gasteiger charge is 2.26. The summed E-state index contributed by atoms with van der Waals surface area (Å²) < 4.78 is 41.5. The lowest BCUT2D eigenvalue weighted by Gasteiger charge is -2.16. The first kappa shape index (κ1) is 15.8. The van der Waals surface area contributed by atoms with Crippen LogP contribution in [0, 0.1) is 0 Å². The Bertz CT molecular complexity index is 343. The molecule has 1 unspecified atom stereocenters. The number of benzene rings is 1. The van der Waals surface area contributed by atoms with Crippen molar-refractivity contribution >= 4 is 0 Å². The first-order valence-electron chi connectivity index (χ1n) is 6.22. The molecule has 1 aromatic rings. The molecular weight excluding hydrogens is 257 g/mol. The first-order chi connectivity index (χ1) is 9.01. The number of hydrogen-bond donors (Lipinski definition) is 2. The smallest absolute Gasteiger partial charge is 0.389 e. The number of ether oxygens (including phenoxy) is 1. The fourth-order valence-corrected chi connectivity index (χ4v) is 1.70. The molecular formula is C13H19F3N2O. The molecule has 0 fully saturated rings. The van der Waals surface area contributed by atoms with Crippen molar-refractivity contribution in [2.75, 3.05) is 6.61 Å². The van der Waals surface area contributed by atoms with Crippen LogP contribution in [0.25, 0.3) is 0 Å². The molecule has 0 spiro atoms. The molecule has 6 heteroatoms. The Labute approximate surface area is 110 Å². The maximum Gasteiger partial charge on any atom is 0.389 e. The summed E-state index contributed by atoms with van der Waals surface area (Å²) in [6, 6.07) is 9.09. The van der Waals surface area contributed by atoms with Gasteiger partial charge in [0.25, 0.3) is 0 Å². The lowest BCUT2D eigenvalue weighted by molar-refractivity contribution is -0.135. The van der Waals surface area contributed by atoms with E-state index in [1.54, 1.807) is 0 Å². The Morgan fingerprint density at radius 1 is 1.16 bits per heavy atom. The van der Waals surface area contributed by atoms with Gasteiger partial charge in [0.05, 0.1) is 6.61 Å². The second-order valence-electron chi connectivity index (χ2n) is 4.32. The monoisotopic (exact) mass is 276 g/mol. The molecule has 19 heavy (non-hydrogen) atoms. The summed E-state index contributed by atoms with van der Waals surface area (Å²) in [5, 5.41) is 0. The molecule has 0 amide bonds. The zero-order valence-corrected chi connectivity index (χ0v) is 10.6. The van der Waals surface area contributed by atoms with Gasteiger partial charge in [0.15, 0.2) is 0 Å². The second kappa shape index (κ2) is 8.01. The molecule has 3 N–H and O–H groups in total. The third-order valence-corrected chi connectivity index (χ3v) is 2.73. The van der Waals surface area contributed by atoms with E-state index in [-0.39, 0.29) is 12.5 Å². The van der Waals surface area contributed by atoms with Gasteiger partial charge < -0.3 is 4.74 Å². The van der Waals surface area contributed by atoms with Crippen LogP contribution in [0.1, 0.15) is 25.7 Å². The number of hydrogen-bond acceptors (Lipinski definition) is 3. The number of nitrogens with two attached hydrogens (primary N) is 1. The Hall–Kier alpha value is -1.27. The third kappa shape index (κ3) is 7.69. The lowest BCUT2D eigenvalue weighted by atomic mass is 10.1. The van der Waals surface area contributed by atoms with Gasteiger partial charge in [0.2, 0.25) is 0 Å². The van der Waals surface area contributed by atoms with Crippen LogP contribution in [0.3, 0.4) is 0 Å². The molecule has 0 aliphatic rings. The van der Waals surface area contributed by atoms with E-state index < -0.39 is 12.6 Å². The molecule has 0 bridgehead atoms. The van der Waals surface area contributed by atoms with Crippen molar-refractivity contribution in [1.82, 2.24) is 5.43 Å². The fraction of sp³-hybridized carbons (Fsp3) is 0.538. The highest BCUT2D eigenvalue weighted by molar-refractivity contribution is 5.20. The molecule has 108 valence electrons. The number of rotatable bonds is 8. The van der Waals surface area contributed by atoms with Crippen LogP contribution in [0.5, 0.6) is 5.75 Å². The summed E-state index contributed by atoms with van der Waals surface area (Å²) in [4.78, 5) is 0. The van der Waals surface area contributed by atoms with Crippen molar-refractivity contribution in [2.24, 2.45) is 5.84 Å². The first-order valence-corrected chi connectivity index (χ1v) is 6.22. The van der Waals surface area contributed by atoms with Crippen molar-refractivity contribution in [3.63, 3.8) is 0 Å². The molecule has 0 saturated heterocycles. The third-order valence-electron chi connectivity index (χ3n) is 2.73. The van der Waals surface area contributed by atoms with Crippen LogP contribution in [0.2, 0.25) is 0 Å². The summed E-state index contributed by atoms with van der Waals surface area (Å²) in [5.41, 5.74) is 2.53. The van der Waals surface area contributed by atoms with Gasteiger partial charge in [-0.15, -0.1) is 0 Å². The maximum atomic E-state index is 12.0. The molecule has 0 aromatic heterocycles. The van der Waals surface area contributed by atoms with Gasteiger partial charge >= 0.3 is 6.18 Å². The van der Waals surface area contributed by atoms with Crippen LogP contribution in [0.4, 0.5) is 13.2 Å². The normalized spacial score (nSPS) is 13.3. The number of hydrazine groups is 1. The van der Waals surface area contributed by atoms with E-state index in [4.69, 9.17) is 10.6 Å². The molecule has 1 rings (SSSR count). The van der Waals surface area contributed by atoms with Gasteiger partial charge in [-0.3, -0.25) is 11.3 Å². The standard InChI is InChI=1S/C13H19F3N2O/c14-13(15,16)9-4-5-11(18-17)8-10-19-12-6-2-1-3-7-12/h1-3,6-7,11,18H,4-5,8-10,17H2. The van der Waals surface area contributed by atoms with Gasteiger partial charge in [-0.2, -0.15) is 13.2 Å². The molecule has 0 saturated carbocycles. The minimum Gasteiger partial charge on any atom is -0.494 e. The molecule has 3 nitrogen and oxygen atoms in total. The van der Waals surface area contributed by atoms with Crippen LogP contribution >= 0.6 is 0 Å². The predicted molar refractivity (Wildman–Crippen MR) is 67.6 cm³/mol. The van der Waals surface area contributed by atoms with E-state index in [0.29, 0.717) is 19.4 Å². The summed E-state index contributed by atoms with van der Waals surface area (Å²) in [5.74, 6) is 6.06. The van der Waals surface area contributed by atoms with Gasteiger partial charge in [-0.1, -0.05) is 18.2 Å². The van der Waals surface area contributed by atoms with Crippen molar-refractivity contribution in [3.8, 4) is 5.75 Å². The van der Waals surface area contributed by atoms with Crippen LogP contribution in [-0.2, 0) is 0 Å². The topological polar surface area (TPSA) is 47.3 Å². The lowest BCUT2D eigenvalue weighted by Crippen LogP contribution is -2.36. The molecule has 0 heterocycles. The molecule has 0 aliphatic carbocycles. The fourth-order valence-electron chi connectivity index (χ4n) is 1.70. The van der Waals surface area contributed by atoms with E-state index in [0.717, 1.165) is 5.75 Å². The zero-order chi connectivity index (χ0) is 14.1. The number of para-hydroxylation sites is 1. The quantitative estimate of drug-likeness (QED) is 0.567. The Morgan fingerprint density at radius 2 is 1.84 bits per heavy atom. The van der Waals surface area contributed by atoms with E-state index >= 15 is 0 Å². The van der Waals surface area contributed by atoms with E-state index in [1.165, 1.54) is 0 Å². The Balaban J connectivity index is 2.18. The number of alkyl halides is 3. The van der Waals surface area contributed by atoms with Gasteiger partial charge in [0.1, 0.15) is 5.75 Å². The van der Waals surface area contributed by atoms with Crippen molar-refractivity contribution in [3.05, 3.63) is 30.3 Å². The zero-order valence-electron chi connectivity index (χ0n) is 10.6. The van der Waals surface area contributed by atoms with E-state index in [9.17, 15) is 13.2 Å². The highest BCUT2D eigenvalue weighted by atomic mass is 19.4. The van der Waals surface area contributed by atoms with Crippen molar-refractivity contribution in [2.45, 2.75) is 37.9 Å². The average Bonchev–Trinajstić information content (AvgIpc) is 2.37. The summed E-state index contributed by atoms with van der Waals surface area (Å²) in [6.07, 6.45) is -3.84. The number of halogens is 3. The molecule has 0 radical (unpaired) electrons.